The molecule has 0 radical (unpaired) electrons. The van der Waals surface area contributed by atoms with Crippen LogP contribution in [0.3, 0.4) is 0 Å². The summed E-state index contributed by atoms with van der Waals surface area (Å²) in [5.41, 5.74) is 6.85. The van der Waals surface area contributed by atoms with Gasteiger partial charge in [0, 0.05) is 11.9 Å². The average molecular weight is 298 g/mol. The van der Waals surface area contributed by atoms with Gasteiger partial charge < -0.3 is 5.73 Å². The Balaban J connectivity index is 2.44. The zero-order chi connectivity index (χ0) is 14.0. The highest BCUT2D eigenvalue weighted by Gasteiger charge is 2.19. The molecule has 0 saturated carbocycles. The second-order valence-corrected chi connectivity index (χ2v) is 5.99. The van der Waals surface area contributed by atoms with E-state index in [2.05, 4.69) is 9.71 Å². The number of sulfonamides is 1. The van der Waals surface area contributed by atoms with Gasteiger partial charge in [0.25, 0.3) is 10.0 Å². The zero-order valence-electron chi connectivity index (χ0n) is 10.1. The molecule has 100 valence electrons. The van der Waals surface area contributed by atoms with Gasteiger partial charge in [0.15, 0.2) is 0 Å². The zero-order valence-corrected chi connectivity index (χ0v) is 11.7. The molecule has 0 spiro atoms. The molecule has 0 unspecified atom stereocenters. The average Bonchev–Trinajstić information content (AvgIpc) is 2.35. The fourth-order valence-electron chi connectivity index (χ4n) is 1.57. The largest absolute Gasteiger partial charge is 0.398 e. The van der Waals surface area contributed by atoms with Crippen LogP contribution < -0.4 is 10.5 Å². The smallest absolute Gasteiger partial charge is 0.262 e. The van der Waals surface area contributed by atoms with Gasteiger partial charge in [-0.3, -0.25) is 9.71 Å². The molecule has 0 saturated heterocycles. The number of nitrogens with two attached hydrogens (primary N) is 1. The molecule has 5 nitrogen and oxygen atoms in total. The second kappa shape index (κ2) is 5.07. The SMILES string of the molecule is Cc1c(N)cccc1S(=O)(=O)Nc1cnccc1Cl. The number of nitrogens with zero attached hydrogens (tertiary/aromatic N) is 1. The first kappa shape index (κ1) is 13.6. The summed E-state index contributed by atoms with van der Waals surface area (Å²) in [6.45, 7) is 1.65. The van der Waals surface area contributed by atoms with Crippen molar-refractivity contribution in [3.05, 3.63) is 47.2 Å². The van der Waals surface area contributed by atoms with Crippen molar-refractivity contribution >= 4 is 33.0 Å². The monoisotopic (exact) mass is 297 g/mol. The van der Waals surface area contributed by atoms with Crippen LogP contribution in [0, 0.1) is 6.92 Å². The van der Waals surface area contributed by atoms with Crippen molar-refractivity contribution in [3.63, 3.8) is 0 Å². The van der Waals surface area contributed by atoms with E-state index in [9.17, 15) is 8.42 Å². The van der Waals surface area contributed by atoms with Gasteiger partial charge in [-0.05, 0) is 30.7 Å². The molecule has 0 bridgehead atoms. The molecule has 0 aliphatic heterocycles. The van der Waals surface area contributed by atoms with Crippen LogP contribution in [-0.2, 0) is 10.0 Å². The minimum atomic E-state index is -3.74. The van der Waals surface area contributed by atoms with Gasteiger partial charge >= 0.3 is 0 Å². The Morgan fingerprint density at radius 2 is 2.05 bits per heavy atom. The van der Waals surface area contributed by atoms with Crippen molar-refractivity contribution in [2.75, 3.05) is 10.5 Å². The van der Waals surface area contributed by atoms with Crippen molar-refractivity contribution in [3.8, 4) is 0 Å². The maximum atomic E-state index is 12.3. The van der Waals surface area contributed by atoms with Gasteiger partial charge in [0.2, 0.25) is 0 Å². The normalized spacial score (nSPS) is 11.3. The molecule has 0 aliphatic carbocycles. The summed E-state index contributed by atoms with van der Waals surface area (Å²) in [6, 6.07) is 6.22. The van der Waals surface area contributed by atoms with Crippen LogP contribution >= 0.6 is 11.6 Å². The van der Waals surface area contributed by atoms with E-state index >= 15 is 0 Å². The number of rotatable bonds is 3. The lowest BCUT2D eigenvalue weighted by molar-refractivity contribution is 0.600. The minimum Gasteiger partial charge on any atom is -0.398 e. The molecule has 2 rings (SSSR count). The number of nitrogens with one attached hydrogen (secondary N) is 1. The summed E-state index contributed by atoms with van der Waals surface area (Å²) < 4.78 is 26.9. The van der Waals surface area contributed by atoms with Gasteiger partial charge in [0.1, 0.15) is 0 Å². The molecule has 1 heterocycles. The number of benzene rings is 1. The molecule has 19 heavy (non-hydrogen) atoms. The standard InChI is InChI=1S/C12H12ClN3O2S/c1-8-10(14)3-2-4-12(8)19(17,18)16-11-7-15-6-5-9(11)13/h2-7,16H,14H2,1H3. The summed E-state index contributed by atoms with van der Waals surface area (Å²) in [6.07, 6.45) is 2.83. The predicted octanol–water partition coefficient (Wildman–Crippen LogP) is 2.43. The number of hydrogen-bond donors (Lipinski definition) is 2. The first-order valence-corrected chi connectivity index (χ1v) is 7.25. The molecule has 0 atom stereocenters. The van der Waals surface area contributed by atoms with E-state index in [1.165, 1.54) is 24.5 Å². The Labute approximate surface area is 116 Å². The highest BCUT2D eigenvalue weighted by Crippen LogP contribution is 2.26. The predicted molar refractivity (Wildman–Crippen MR) is 75.6 cm³/mol. The number of halogens is 1. The Bertz CT molecular complexity index is 717. The third kappa shape index (κ3) is 2.80. The number of pyridine rings is 1. The summed E-state index contributed by atoms with van der Waals surface area (Å²) in [7, 11) is -3.74. The van der Waals surface area contributed by atoms with Crippen LogP contribution in [0.25, 0.3) is 0 Å². The lowest BCUT2D eigenvalue weighted by Gasteiger charge is -2.12. The Kier molecular flexibility index (Phi) is 3.64. The lowest BCUT2D eigenvalue weighted by atomic mass is 10.2. The fraction of sp³-hybridized carbons (Fsp3) is 0.0833. The van der Waals surface area contributed by atoms with Crippen molar-refractivity contribution in [1.29, 1.82) is 0 Å². The molecule has 1 aromatic carbocycles. The number of aromatic nitrogens is 1. The van der Waals surface area contributed by atoms with Crippen LogP contribution in [0.2, 0.25) is 5.02 Å². The molecule has 2 aromatic rings. The molecule has 0 fully saturated rings. The van der Waals surface area contributed by atoms with Crippen molar-refractivity contribution in [2.24, 2.45) is 0 Å². The highest BCUT2D eigenvalue weighted by molar-refractivity contribution is 7.92. The topological polar surface area (TPSA) is 85.1 Å². The Morgan fingerprint density at radius 3 is 2.74 bits per heavy atom. The Hall–Kier alpha value is -1.79. The van der Waals surface area contributed by atoms with Crippen LogP contribution in [-0.4, -0.2) is 13.4 Å². The van der Waals surface area contributed by atoms with E-state index in [0.717, 1.165) is 0 Å². The summed E-state index contributed by atoms with van der Waals surface area (Å²) in [5.74, 6) is 0. The minimum absolute atomic E-state index is 0.118. The van der Waals surface area contributed by atoms with Crippen LogP contribution in [0.5, 0.6) is 0 Å². The molecule has 1 aromatic heterocycles. The molecule has 0 amide bonds. The Morgan fingerprint density at radius 1 is 1.32 bits per heavy atom. The summed E-state index contributed by atoms with van der Waals surface area (Å²) in [4.78, 5) is 3.95. The van der Waals surface area contributed by atoms with Gasteiger partial charge in [0.05, 0.1) is 21.8 Å². The van der Waals surface area contributed by atoms with Gasteiger partial charge in [-0.2, -0.15) is 0 Å². The van der Waals surface area contributed by atoms with E-state index in [0.29, 0.717) is 11.3 Å². The van der Waals surface area contributed by atoms with Gasteiger partial charge in [-0.15, -0.1) is 0 Å². The molecule has 7 heteroatoms. The quantitative estimate of drug-likeness (QED) is 0.852. The van der Waals surface area contributed by atoms with E-state index < -0.39 is 10.0 Å². The third-order valence-electron chi connectivity index (χ3n) is 2.63. The van der Waals surface area contributed by atoms with Crippen molar-refractivity contribution < 1.29 is 8.42 Å². The van der Waals surface area contributed by atoms with Crippen LogP contribution in [0.15, 0.2) is 41.6 Å². The van der Waals surface area contributed by atoms with Crippen LogP contribution in [0.4, 0.5) is 11.4 Å². The van der Waals surface area contributed by atoms with Crippen molar-refractivity contribution in [1.82, 2.24) is 4.98 Å². The number of hydrogen-bond acceptors (Lipinski definition) is 4. The second-order valence-electron chi connectivity index (χ2n) is 3.93. The lowest BCUT2D eigenvalue weighted by Crippen LogP contribution is -2.15. The highest BCUT2D eigenvalue weighted by atomic mass is 35.5. The number of nitrogen functional groups attached to an aromatic ring is 1. The summed E-state index contributed by atoms with van der Waals surface area (Å²) in [5, 5.41) is 0.278. The number of anilines is 2. The van der Waals surface area contributed by atoms with E-state index in [1.807, 2.05) is 0 Å². The summed E-state index contributed by atoms with van der Waals surface area (Å²) >= 11 is 5.90. The molecular weight excluding hydrogens is 286 g/mol. The van der Waals surface area contributed by atoms with E-state index in [-0.39, 0.29) is 15.6 Å². The third-order valence-corrected chi connectivity index (χ3v) is 4.47. The van der Waals surface area contributed by atoms with Gasteiger partial charge in [-0.1, -0.05) is 17.7 Å². The van der Waals surface area contributed by atoms with Crippen molar-refractivity contribution in [2.45, 2.75) is 11.8 Å². The maximum absolute atomic E-state index is 12.3. The fourth-order valence-corrected chi connectivity index (χ4v) is 3.12. The van der Waals surface area contributed by atoms with E-state index in [1.54, 1.807) is 19.1 Å². The first-order valence-electron chi connectivity index (χ1n) is 5.39. The molecule has 3 N–H and O–H groups in total. The molecular formula is C12H12ClN3O2S. The van der Waals surface area contributed by atoms with Crippen LogP contribution in [0.1, 0.15) is 5.56 Å². The first-order chi connectivity index (χ1) is 8.92. The van der Waals surface area contributed by atoms with Gasteiger partial charge in [-0.25, -0.2) is 8.42 Å². The molecule has 0 aliphatic rings. The maximum Gasteiger partial charge on any atom is 0.262 e. The van der Waals surface area contributed by atoms with E-state index in [4.69, 9.17) is 17.3 Å².